The van der Waals surface area contributed by atoms with Crippen LogP contribution in [0.3, 0.4) is 0 Å². The Balaban J connectivity index is 1.69. The van der Waals surface area contributed by atoms with Crippen molar-refractivity contribution in [3.8, 4) is 23.0 Å². The fourth-order valence-corrected chi connectivity index (χ4v) is 3.24. The van der Waals surface area contributed by atoms with E-state index in [2.05, 4.69) is 24.4 Å². The first kappa shape index (κ1) is 16.2. The van der Waals surface area contributed by atoms with Gasteiger partial charge in [-0.3, -0.25) is 4.67 Å². The van der Waals surface area contributed by atoms with Crippen molar-refractivity contribution in [1.82, 2.24) is 4.67 Å². The van der Waals surface area contributed by atoms with E-state index in [1.807, 2.05) is 37.3 Å². The number of para-hydroxylation sites is 1. The minimum atomic E-state index is 0.251. The van der Waals surface area contributed by atoms with Crippen molar-refractivity contribution < 1.29 is 18.6 Å². The summed E-state index contributed by atoms with van der Waals surface area (Å²) in [6.45, 7) is 5.29. The van der Waals surface area contributed by atoms with Crippen molar-refractivity contribution in [2.75, 3.05) is 20.5 Å². The lowest BCUT2D eigenvalue weighted by atomic mass is 10.1. The van der Waals surface area contributed by atoms with Crippen LogP contribution in [-0.4, -0.2) is 25.2 Å². The number of rotatable bonds is 5. The second-order valence-electron chi connectivity index (χ2n) is 5.97. The first-order chi connectivity index (χ1) is 12.2. The summed E-state index contributed by atoms with van der Waals surface area (Å²) in [4.78, 5) is 0. The Hall–Kier alpha value is -2.23. The molecular weight excluding hydrogens is 337 g/mol. The van der Waals surface area contributed by atoms with E-state index < -0.39 is 0 Å². The van der Waals surface area contributed by atoms with Gasteiger partial charge < -0.3 is 18.6 Å². The molecule has 0 spiro atoms. The molecule has 6 heteroatoms. The number of furan rings is 1. The topological polar surface area (TPSA) is 44.1 Å². The van der Waals surface area contributed by atoms with Gasteiger partial charge in [0.2, 0.25) is 6.79 Å². The molecule has 1 aliphatic rings. The van der Waals surface area contributed by atoms with Crippen molar-refractivity contribution >= 4 is 19.7 Å². The summed E-state index contributed by atoms with van der Waals surface area (Å²) < 4.78 is 25.1. The van der Waals surface area contributed by atoms with E-state index in [1.54, 1.807) is 0 Å². The van der Waals surface area contributed by atoms with E-state index in [0.29, 0.717) is 17.2 Å². The molecule has 1 aliphatic heterocycles. The van der Waals surface area contributed by atoms with Crippen LogP contribution in [0.5, 0.6) is 23.0 Å². The first-order valence-electron chi connectivity index (χ1n) is 8.12. The van der Waals surface area contributed by atoms with Gasteiger partial charge in [-0.05, 0) is 38.8 Å². The van der Waals surface area contributed by atoms with Gasteiger partial charge in [0, 0.05) is 23.6 Å². The fraction of sp³-hybridized carbons (Fsp3) is 0.263. The Bertz CT molecular complexity index is 921. The molecule has 130 valence electrons. The number of benzene rings is 2. The predicted octanol–water partition coefficient (Wildman–Crippen LogP) is 4.92. The summed E-state index contributed by atoms with van der Waals surface area (Å²) in [5.41, 5.74) is 1.99. The molecule has 0 saturated heterocycles. The third-order valence-corrected chi connectivity index (χ3v) is 5.25. The van der Waals surface area contributed by atoms with Gasteiger partial charge >= 0.3 is 0 Å². The second kappa shape index (κ2) is 6.58. The Labute approximate surface area is 148 Å². The van der Waals surface area contributed by atoms with Gasteiger partial charge in [0.1, 0.15) is 11.5 Å². The second-order valence-corrected chi connectivity index (χ2v) is 7.18. The van der Waals surface area contributed by atoms with Crippen LogP contribution >= 0.6 is 8.73 Å². The third kappa shape index (κ3) is 3.06. The highest BCUT2D eigenvalue weighted by Gasteiger charge is 2.18. The molecule has 1 unspecified atom stereocenters. The molecule has 0 amide bonds. The van der Waals surface area contributed by atoms with E-state index in [9.17, 15) is 0 Å². The third-order valence-electron chi connectivity index (χ3n) is 4.33. The standard InChI is InChI=1S/C19H20NO4P/c1-12-15(10-20(2)25-3)14-5-4-6-17(19(14)23-12)24-13-7-8-16-18(9-13)22-11-21-16/h4-9,25H,10-11H2,1-3H3. The lowest BCUT2D eigenvalue weighted by molar-refractivity contribution is 0.174. The van der Waals surface area contributed by atoms with Crippen LogP contribution in [0.25, 0.3) is 11.0 Å². The van der Waals surface area contributed by atoms with Gasteiger partial charge in [0.25, 0.3) is 0 Å². The molecule has 3 aromatic rings. The Morgan fingerprint density at radius 3 is 2.84 bits per heavy atom. The predicted molar refractivity (Wildman–Crippen MR) is 99.3 cm³/mol. The van der Waals surface area contributed by atoms with Crippen LogP contribution in [0.2, 0.25) is 0 Å². The molecule has 2 aromatic carbocycles. The molecule has 0 radical (unpaired) electrons. The van der Waals surface area contributed by atoms with Crippen molar-refractivity contribution in [3.63, 3.8) is 0 Å². The number of fused-ring (bicyclic) bond motifs is 2. The van der Waals surface area contributed by atoms with Crippen LogP contribution < -0.4 is 14.2 Å². The summed E-state index contributed by atoms with van der Waals surface area (Å²) in [5.74, 6) is 3.77. The maximum absolute atomic E-state index is 6.08. The van der Waals surface area contributed by atoms with E-state index in [4.69, 9.17) is 18.6 Å². The lowest BCUT2D eigenvalue weighted by Gasteiger charge is -2.13. The van der Waals surface area contributed by atoms with Crippen molar-refractivity contribution in [1.29, 1.82) is 0 Å². The summed E-state index contributed by atoms with van der Waals surface area (Å²) in [7, 11) is 2.86. The molecule has 4 rings (SSSR count). The molecule has 25 heavy (non-hydrogen) atoms. The zero-order chi connectivity index (χ0) is 17.4. The minimum Gasteiger partial charge on any atom is -0.457 e. The largest absolute Gasteiger partial charge is 0.457 e. The molecule has 1 atom stereocenters. The highest BCUT2D eigenvalue weighted by atomic mass is 31.1. The highest BCUT2D eigenvalue weighted by Crippen LogP contribution is 2.39. The number of nitrogens with zero attached hydrogens (tertiary/aromatic N) is 1. The Morgan fingerprint density at radius 1 is 1.16 bits per heavy atom. The molecule has 0 aliphatic carbocycles. The normalized spacial score (nSPS) is 13.4. The molecule has 5 nitrogen and oxygen atoms in total. The zero-order valence-electron chi connectivity index (χ0n) is 14.5. The molecule has 1 aromatic heterocycles. The molecule has 0 fully saturated rings. The van der Waals surface area contributed by atoms with E-state index in [1.165, 1.54) is 5.56 Å². The highest BCUT2D eigenvalue weighted by molar-refractivity contribution is 7.34. The summed E-state index contributed by atoms with van der Waals surface area (Å²) in [6, 6.07) is 11.6. The van der Waals surface area contributed by atoms with Crippen LogP contribution in [0.15, 0.2) is 40.8 Å². The van der Waals surface area contributed by atoms with Crippen LogP contribution in [-0.2, 0) is 6.54 Å². The molecule has 0 saturated carbocycles. The van der Waals surface area contributed by atoms with Gasteiger partial charge in [-0.15, -0.1) is 0 Å². The van der Waals surface area contributed by atoms with E-state index >= 15 is 0 Å². The van der Waals surface area contributed by atoms with Gasteiger partial charge in [-0.2, -0.15) is 0 Å². The smallest absolute Gasteiger partial charge is 0.231 e. The molecular formula is C19H20NO4P. The van der Waals surface area contributed by atoms with Gasteiger partial charge in [0.15, 0.2) is 22.8 Å². The van der Waals surface area contributed by atoms with Crippen LogP contribution in [0.4, 0.5) is 0 Å². The first-order valence-corrected chi connectivity index (χ1v) is 9.57. The maximum atomic E-state index is 6.08. The average molecular weight is 357 g/mol. The molecule has 0 N–H and O–H groups in total. The Morgan fingerprint density at radius 2 is 2.00 bits per heavy atom. The summed E-state index contributed by atoms with van der Waals surface area (Å²) in [5, 5.41) is 1.10. The number of hydrogen-bond acceptors (Lipinski definition) is 5. The van der Waals surface area contributed by atoms with Gasteiger partial charge in [-0.1, -0.05) is 20.9 Å². The molecule has 0 bridgehead atoms. The van der Waals surface area contributed by atoms with Crippen LogP contribution in [0.1, 0.15) is 11.3 Å². The van der Waals surface area contributed by atoms with E-state index in [-0.39, 0.29) is 6.79 Å². The summed E-state index contributed by atoms with van der Waals surface area (Å²) in [6.07, 6.45) is 0. The fourth-order valence-electron chi connectivity index (χ4n) is 2.92. The van der Waals surface area contributed by atoms with E-state index in [0.717, 1.165) is 37.8 Å². The number of aryl methyl sites for hydroxylation is 1. The van der Waals surface area contributed by atoms with Crippen molar-refractivity contribution in [2.24, 2.45) is 0 Å². The molecule has 2 heterocycles. The lowest BCUT2D eigenvalue weighted by Crippen LogP contribution is -2.06. The average Bonchev–Trinajstić information content (AvgIpc) is 3.20. The number of hydrogen-bond donors (Lipinski definition) is 0. The van der Waals surface area contributed by atoms with Crippen LogP contribution in [0, 0.1) is 6.92 Å². The van der Waals surface area contributed by atoms with Crippen molar-refractivity contribution in [3.05, 3.63) is 47.7 Å². The monoisotopic (exact) mass is 357 g/mol. The summed E-state index contributed by atoms with van der Waals surface area (Å²) >= 11 is 0. The zero-order valence-corrected chi connectivity index (χ0v) is 15.5. The maximum Gasteiger partial charge on any atom is 0.231 e. The van der Waals surface area contributed by atoms with Crippen molar-refractivity contribution in [2.45, 2.75) is 13.5 Å². The Kier molecular flexibility index (Phi) is 4.28. The quantitative estimate of drug-likeness (QED) is 0.607. The minimum absolute atomic E-state index is 0.251. The van der Waals surface area contributed by atoms with Gasteiger partial charge in [-0.25, -0.2) is 0 Å². The van der Waals surface area contributed by atoms with Gasteiger partial charge in [0.05, 0.1) is 0 Å². The number of ether oxygens (including phenoxy) is 3. The SMILES string of the molecule is CPN(C)Cc1c(C)oc2c(Oc3ccc4c(c3)OCO4)cccc12.